The second-order valence-electron chi connectivity index (χ2n) is 5.98. The number of rotatable bonds is 3. The standard InChI is InChI=1S/C13H22N2O2Si/c1-13(2,3)18(4,5)17-9-6-7-11(14)10(8-9)12(15)16/h6-8H,14H2,1-5H3,(H2,15,16). The molecule has 4 nitrogen and oxygen atoms in total. The molecule has 0 aliphatic carbocycles. The molecule has 0 aliphatic heterocycles. The number of hydrogen-bond donors (Lipinski definition) is 2. The van der Waals surface area contributed by atoms with Gasteiger partial charge in [-0.05, 0) is 36.3 Å². The third-order valence-electron chi connectivity index (χ3n) is 3.47. The van der Waals surface area contributed by atoms with E-state index in [2.05, 4.69) is 33.9 Å². The van der Waals surface area contributed by atoms with E-state index in [0.29, 0.717) is 17.0 Å². The van der Waals surface area contributed by atoms with Crippen LogP contribution >= 0.6 is 0 Å². The van der Waals surface area contributed by atoms with Crippen molar-refractivity contribution in [3.8, 4) is 5.75 Å². The fourth-order valence-corrected chi connectivity index (χ4v) is 2.28. The minimum absolute atomic E-state index is 0.0985. The molecule has 100 valence electrons. The highest BCUT2D eigenvalue weighted by Gasteiger charge is 2.39. The number of nitrogens with two attached hydrogens (primary N) is 2. The smallest absolute Gasteiger partial charge is 0.250 e. The van der Waals surface area contributed by atoms with E-state index < -0.39 is 14.2 Å². The molecule has 1 amide bonds. The summed E-state index contributed by atoms with van der Waals surface area (Å²) in [5.74, 6) is 0.123. The van der Waals surface area contributed by atoms with Gasteiger partial charge in [0, 0.05) is 5.69 Å². The van der Waals surface area contributed by atoms with Crippen LogP contribution in [-0.2, 0) is 0 Å². The molecule has 0 saturated carbocycles. The first kappa shape index (κ1) is 14.6. The van der Waals surface area contributed by atoms with Crippen LogP contribution in [0.25, 0.3) is 0 Å². The number of carbonyl (C=O) groups is 1. The molecule has 0 heterocycles. The van der Waals surface area contributed by atoms with Crippen molar-refractivity contribution >= 4 is 19.9 Å². The maximum absolute atomic E-state index is 11.2. The molecule has 0 aliphatic rings. The molecule has 4 N–H and O–H groups in total. The fourth-order valence-electron chi connectivity index (χ4n) is 1.26. The number of nitrogen functional groups attached to an aromatic ring is 1. The minimum Gasteiger partial charge on any atom is -0.543 e. The first-order valence-corrected chi connectivity index (χ1v) is 8.84. The van der Waals surface area contributed by atoms with Crippen LogP contribution in [0.15, 0.2) is 18.2 Å². The van der Waals surface area contributed by atoms with Crippen LogP contribution in [0.5, 0.6) is 5.75 Å². The van der Waals surface area contributed by atoms with E-state index in [-0.39, 0.29) is 5.04 Å². The van der Waals surface area contributed by atoms with Crippen molar-refractivity contribution in [2.24, 2.45) is 5.73 Å². The number of amides is 1. The Hall–Kier alpha value is -1.49. The van der Waals surface area contributed by atoms with Gasteiger partial charge in [-0.3, -0.25) is 4.79 Å². The van der Waals surface area contributed by atoms with Gasteiger partial charge in [0.05, 0.1) is 5.56 Å². The predicted octanol–water partition coefficient (Wildman–Crippen LogP) is 2.75. The molecular weight excluding hydrogens is 244 g/mol. The summed E-state index contributed by atoms with van der Waals surface area (Å²) in [5, 5.41) is 0.0985. The van der Waals surface area contributed by atoms with Crippen LogP contribution in [-0.4, -0.2) is 14.2 Å². The van der Waals surface area contributed by atoms with Gasteiger partial charge >= 0.3 is 0 Å². The molecule has 1 rings (SSSR count). The van der Waals surface area contributed by atoms with Gasteiger partial charge in [0.15, 0.2) is 0 Å². The van der Waals surface area contributed by atoms with Crippen molar-refractivity contribution in [1.29, 1.82) is 0 Å². The molecule has 1 aromatic carbocycles. The normalized spacial score (nSPS) is 12.3. The van der Waals surface area contributed by atoms with Crippen molar-refractivity contribution < 1.29 is 9.22 Å². The van der Waals surface area contributed by atoms with Crippen LogP contribution < -0.4 is 15.9 Å². The van der Waals surface area contributed by atoms with E-state index in [9.17, 15) is 4.79 Å². The molecule has 0 bridgehead atoms. The highest BCUT2D eigenvalue weighted by Crippen LogP contribution is 2.37. The lowest BCUT2D eigenvalue weighted by Crippen LogP contribution is -2.43. The molecule has 1 aromatic rings. The maximum Gasteiger partial charge on any atom is 0.250 e. The summed E-state index contributed by atoms with van der Waals surface area (Å²) in [4.78, 5) is 11.2. The van der Waals surface area contributed by atoms with Crippen molar-refractivity contribution in [2.45, 2.75) is 38.9 Å². The Balaban J connectivity index is 3.07. The number of primary amides is 1. The molecule has 0 radical (unpaired) electrons. The van der Waals surface area contributed by atoms with Crippen molar-refractivity contribution in [3.63, 3.8) is 0 Å². The van der Waals surface area contributed by atoms with Gasteiger partial charge in [0.25, 0.3) is 5.91 Å². The quantitative estimate of drug-likeness (QED) is 0.652. The molecule has 0 spiro atoms. The summed E-state index contributed by atoms with van der Waals surface area (Å²) in [7, 11) is -1.91. The number of hydrogen-bond acceptors (Lipinski definition) is 3. The Morgan fingerprint density at radius 1 is 1.28 bits per heavy atom. The van der Waals surface area contributed by atoms with Crippen LogP contribution in [0, 0.1) is 0 Å². The number of anilines is 1. The first-order chi connectivity index (χ1) is 8.04. The second kappa shape index (κ2) is 4.64. The monoisotopic (exact) mass is 266 g/mol. The second-order valence-corrected chi connectivity index (χ2v) is 10.7. The minimum atomic E-state index is -1.91. The molecule has 0 fully saturated rings. The third-order valence-corrected chi connectivity index (χ3v) is 7.83. The number of benzene rings is 1. The summed E-state index contributed by atoms with van der Waals surface area (Å²) in [6.07, 6.45) is 0. The SMILES string of the molecule is CC(C)(C)[Si](C)(C)Oc1ccc(N)c(C(N)=O)c1. The molecule has 0 saturated heterocycles. The largest absolute Gasteiger partial charge is 0.543 e. The lowest BCUT2D eigenvalue weighted by atomic mass is 10.1. The summed E-state index contributed by atoms with van der Waals surface area (Å²) in [6.45, 7) is 10.8. The number of carbonyl (C=O) groups excluding carboxylic acids is 1. The maximum atomic E-state index is 11.2. The summed E-state index contributed by atoms with van der Waals surface area (Å²) in [5.41, 5.74) is 11.7. The van der Waals surface area contributed by atoms with Crippen LogP contribution in [0.2, 0.25) is 18.1 Å². The van der Waals surface area contributed by atoms with Crippen LogP contribution in [0.4, 0.5) is 5.69 Å². The van der Waals surface area contributed by atoms with Gasteiger partial charge in [0.1, 0.15) is 5.75 Å². The van der Waals surface area contributed by atoms with Gasteiger partial charge in [-0.1, -0.05) is 20.8 Å². The average Bonchev–Trinajstić information content (AvgIpc) is 2.18. The summed E-state index contributed by atoms with van der Waals surface area (Å²) < 4.78 is 6.09. The van der Waals surface area contributed by atoms with E-state index in [1.807, 2.05) is 0 Å². The summed E-state index contributed by atoms with van der Waals surface area (Å²) in [6, 6.07) is 5.06. The highest BCUT2D eigenvalue weighted by atomic mass is 28.4. The molecule has 0 atom stereocenters. The lowest BCUT2D eigenvalue weighted by Gasteiger charge is -2.36. The first-order valence-electron chi connectivity index (χ1n) is 5.93. The molecule has 0 unspecified atom stereocenters. The zero-order chi connectivity index (χ0) is 14.1. The Labute approximate surface area is 109 Å². The van der Waals surface area contributed by atoms with E-state index >= 15 is 0 Å². The van der Waals surface area contributed by atoms with Gasteiger partial charge in [-0.15, -0.1) is 0 Å². The lowest BCUT2D eigenvalue weighted by molar-refractivity contribution is 0.100. The van der Waals surface area contributed by atoms with Gasteiger partial charge < -0.3 is 15.9 Å². The Bertz CT molecular complexity index is 465. The van der Waals surface area contributed by atoms with Crippen molar-refractivity contribution in [3.05, 3.63) is 23.8 Å². The zero-order valence-electron chi connectivity index (χ0n) is 11.7. The Morgan fingerprint density at radius 3 is 2.28 bits per heavy atom. The van der Waals surface area contributed by atoms with E-state index in [0.717, 1.165) is 0 Å². The zero-order valence-corrected chi connectivity index (χ0v) is 12.7. The van der Waals surface area contributed by atoms with Gasteiger partial charge in [0.2, 0.25) is 8.32 Å². The Kier molecular flexibility index (Phi) is 3.76. The van der Waals surface area contributed by atoms with E-state index in [1.165, 1.54) is 0 Å². The van der Waals surface area contributed by atoms with Crippen molar-refractivity contribution in [1.82, 2.24) is 0 Å². The Morgan fingerprint density at radius 2 is 1.83 bits per heavy atom. The molecule has 5 heteroatoms. The van der Waals surface area contributed by atoms with Gasteiger partial charge in [-0.25, -0.2) is 0 Å². The van der Waals surface area contributed by atoms with E-state index in [4.69, 9.17) is 15.9 Å². The fraction of sp³-hybridized carbons (Fsp3) is 0.462. The van der Waals surface area contributed by atoms with Crippen LogP contribution in [0.1, 0.15) is 31.1 Å². The third kappa shape index (κ3) is 3.04. The summed E-state index contributed by atoms with van der Waals surface area (Å²) >= 11 is 0. The van der Waals surface area contributed by atoms with E-state index in [1.54, 1.807) is 18.2 Å². The van der Waals surface area contributed by atoms with Crippen LogP contribution in [0.3, 0.4) is 0 Å². The van der Waals surface area contributed by atoms with Crippen molar-refractivity contribution in [2.75, 3.05) is 5.73 Å². The molecule has 0 aromatic heterocycles. The molecular formula is C13H22N2O2Si. The molecule has 18 heavy (non-hydrogen) atoms. The average molecular weight is 266 g/mol. The van der Waals surface area contributed by atoms with Gasteiger partial charge in [-0.2, -0.15) is 0 Å². The highest BCUT2D eigenvalue weighted by molar-refractivity contribution is 6.74. The predicted molar refractivity (Wildman–Crippen MR) is 77.2 cm³/mol. The topological polar surface area (TPSA) is 78.3 Å².